The van der Waals surface area contributed by atoms with E-state index in [4.69, 9.17) is 5.11 Å². The van der Waals surface area contributed by atoms with Gasteiger partial charge in [0.05, 0.1) is 12.0 Å². The van der Waals surface area contributed by atoms with Gasteiger partial charge < -0.3 is 10.4 Å². The standard InChI is InChI=1S/C13H23NO3S/c1-10(9-18-2)12(17)14-13(8-11(15)16)6-4-3-5-7-13/h10H,3-9H2,1-2H3,(H,14,17)(H,15,16). The lowest BCUT2D eigenvalue weighted by atomic mass is 9.79. The van der Waals surface area contributed by atoms with Gasteiger partial charge in [0.2, 0.25) is 5.91 Å². The van der Waals surface area contributed by atoms with Gasteiger partial charge >= 0.3 is 5.97 Å². The average Bonchev–Trinajstić information content (AvgIpc) is 2.29. The fraction of sp³-hybridized carbons (Fsp3) is 0.846. The lowest BCUT2D eigenvalue weighted by molar-refractivity contribution is -0.139. The van der Waals surface area contributed by atoms with Crippen molar-refractivity contribution < 1.29 is 14.7 Å². The van der Waals surface area contributed by atoms with Gasteiger partial charge in [0.25, 0.3) is 0 Å². The molecule has 0 bridgehead atoms. The fourth-order valence-electron chi connectivity index (χ4n) is 2.57. The monoisotopic (exact) mass is 273 g/mol. The second-order valence-electron chi connectivity index (χ2n) is 5.26. The number of carbonyl (C=O) groups is 2. The normalized spacial score (nSPS) is 20.1. The third-order valence-corrected chi connectivity index (χ3v) is 4.39. The third kappa shape index (κ3) is 4.52. The van der Waals surface area contributed by atoms with E-state index in [0.29, 0.717) is 0 Å². The molecule has 4 nitrogen and oxygen atoms in total. The van der Waals surface area contributed by atoms with Gasteiger partial charge in [-0.3, -0.25) is 9.59 Å². The maximum atomic E-state index is 12.1. The summed E-state index contributed by atoms with van der Waals surface area (Å²) >= 11 is 1.64. The Bertz CT molecular complexity index is 301. The number of nitrogens with one attached hydrogen (secondary N) is 1. The van der Waals surface area contributed by atoms with Gasteiger partial charge in [0.15, 0.2) is 0 Å². The molecule has 0 heterocycles. The SMILES string of the molecule is CSCC(C)C(=O)NC1(CC(=O)O)CCCCC1. The Hall–Kier alpha value is -0.710. The van der Waals surface area contributed by atoms with Crippen LogP contribution in [-0.2, 0) is 9.59 Å². The van der Waals surface area contributed by atoms with Crippen LogP contribution in [0, 0.1) is 5.92 Å². The minimum absolute atomic E-state index is 0.00694. The average molecular weight is 273 g/mol. The highest BCUT2D eigenvalue weighted by Crippen LogP contribution is 2.31. The predicted molar refractivity (Wildman–Crippen MR) is 73.8 cm³/mol. The summed E-state index contributed by atoms with van der Waals surface area (Å²) in [6, 6.07) is 0. The quantitative estimate of drug-likeness (QED) is 0.779. The van der Waals surface area contributed by atoms with Crippen LogP contribution in [0.2, 0.25) is 0 Å². The number of hydrogen-bond donors (Lipinski definition) is 2. The highest BCUT2D eigenvalue weighted by molar-refractivity contribution is 7.98. The zero-order valence-corrected chi connectivity index (χ0v) is 12.0. The van der Waals surface area contributed by atoms with Crippen LogP contribution in [-0.4, -0.2) is 34.5 Å². The maximum absolute atomic E-state index is 12.1. The van der Waals surface area contributed by atoms with Gasteiger partial charge in [-0.1, -0.05) is 26.2 Å². The van der Waals surface area contributed by atoms with Crippen LogP contribution in [0.4, 0.5) is 0 Å². The summed E-state index contributed by atoms with van der Waals surface area (Å²) in [6.07, 6.45) is 6.74. The van der Waals surface area contributed by atoms with Crippen molar-refractivity contribution >= 4 is 23.6 Å². The molecule has 1 aliphatic rings. The number of rotatable bonds is 6. The van der Waals surface area contributed by atoms with E-state index in [1.807, 2.05) is 13.2 Å². The summed E-state index contributed by atoms with van der Waals surface area (Å²) in [5.41, 5.74) is -0.506. The highest BCUT2D eigenvalue weighted by Gasteiger charge is 2.36. The predicted octanol–water partition coefficient (Wildman–Crippen LogP) is 2.28. The van der Waals surface area contributed by atoms with Crippen molar-refractivity contribution in [3.8, 4) is 0 Å². The molecule has 1 atom stereocenters. The van der Waals surface area contributed by atoms with Gasteiger partial charge in [0, 0.05) is 11.7 Å². The lowest BCUT2D eigenvalue weighted by Crippen LogP contribution is -2.52. The lowest BCUT2D eigenvalue weighted by Gasteiger charge is -2.37. The van der Waals surface area contributed by atoms with Gasteiger partial charge in [-0.2, -0.15) is 11.8 Å². The van der Waals surface area contributed by atoms with Crippen molar-refractivity contribution in [2.75, 3.05) is 12.0 Å². The number of amides is 1. The van der Waals surface area contributed by atoms with Gasteiger partial charge in [-0.05, 0) is 19.1 Å². The molecule has 5 heteroatoms. The van der Waals surface area contributed by atoms with Crippen LogP contribution < -0.4 is 5.32 Å². The first-order valence-corrected chi connectivity index (χ1v) is 7.91. The van der Waals surface area contributed by atoms with E-state index in [9.17, 15) is 9.59 Å². The Morgan fingerprint density at radius 1 is 1.33 bits per heavy atom. The summed E-state index contributed by atoms with van der Waals surface area (Å²) in [4.78, 5) is 23.1. The molecule has 1 amide bonds. The van der Waals surface area contributed by atoms with Crippen molar-refractivity contribution in [2.45, 2.75) is 51.0 Å². The van der Waals surface area contributed by atoms with Crippen LogP contribution in [0.1, 0.15) is 45.4 Å². The smallest absolute Gasteiger partial charge is 0.305 e. The largest absolute Gasteiger partial charge is 0.481 e. The first-order chi connectivity index (χ1) is 8.49. The molecule has 1 rings (SSSR count). The first-order valence-electron chi connectivity index (χ1n) is 6.52. The first kappa shape index (κ1) is 15.3. The molecule has 0 spiro atoms. The molecule has 0 saturated heterocycles. The number of aliphatic carboxylic acids is 1. The topological polar surface area (TPSA) is 66.4 Å². The summed E-state index contributed by atoms with van der Waals surface area (Å²) in [6.45, 7) is 1.89. The molecule has 0 aromatic carbocycles. The van der Waals surface area contributed by atoms with Crippen molar-refractivity contribution in [3.05, 3.63) is 0 Å². The molecule has 1 unspecified atom stereocenters. The summed E-state index contributed by atoms with van der Waals surface area (Å²) in [5, 5.41) is 12.0. The Labute approximate surface area is 113 Å². The molecule has 0 aliphatic heterocycles. The zero-order valence-electron chi connectivity index (χ0n) is 11.2. The molecular weight excluding hydrogens is 250 g/mol. The third-order valence-electron chi connectivity index (χ3n) is 3.55. The Kier molecular flexibility index (Phi) is 5.99. The molecule has 1 fully saturated rings. The summed E-state index contributed by atoms with van der Waals surface area (Å²) in [7, 11) is 0. The molecule has 104 valence electrons. The second-order valence-corrected chi connectivity index (χ2v) is 6.17. The van der Waals surface area contributed by atoms with Crippen LogP contribution in [0.5, 0.6) is 0 Å². The molecular formula is C13H23NO3S. The van der Waals surface area contributed by atoms with Crippen LogP contribution in [0.25, 0.3) is 0 Å². The number of carboxylic acid groups (broad SMARTS) is 1. The maximum Gasteiger partial charge on any atom is 0.305 e. The number of hydrogen-bond acceptors (Lipinski definition) is 3. The molecule has 2 N–H and O–H groups in total. The number of carbonyl (C=O) groups excluding carboxylic acids is 1. The van der Waals surface area contributed by atoms with E-state index in [1.54, 1.807) is 11.8 Å². The van der Waals surface area contributed by atoms with E-state index < -0.39 is 11.5 Å². The van der Waals surface area contributed by atoms with Gasteiger partial charge in [-0.25, -0.2) is 0 Å². The van der Waals surface area contributed by atoms with Crippen LogP contribution in [0.15, 0.2) is 0 Å². The molecule has 18 heavy (non-hydrogen) atoms. The van der Waals surface area contributed by atoms with Crippen LogP contribution >= 0.6 is 11.8 Å². The fourth-order valence-corrected chi connectivity index (χ4v) is 3.23. The van der Waals surface area contributed by atoms with E-state index in [0.717, 1.165) is 37.9 Å². The Morgan fingerprint density at radius 2 is 1.94 bits per heavy atom. The van der Waals surface area contributed by atoms with Gasteiger partial charge in [0.1, 0.15) is 0 Å². The summed E-state index contributed by atoms with van der Waals surface area (Å²) in [5.74, 6) is -0.121. The highest BCUT2D eigenvalue weighted by atomic mass is 32.2. The van der Waals surface area contributed by atoms with Gasteiger partial charge in [-0.15, -0.1) is 0 Å². The Morgan fingerprint density at radius 3 is 2.44 bits per heavy atom. The molecule has 0 aromatic rings. The molecule has 1 saturated carbocycles. The van der Waals surface area contributed by atoms with E-state index in [2.05, 4.69) is 5.32 Å². The number of thioether (sulfide) groups is 1. The van der Waals surface area contributed by atoms with Crippen molar-refractivity contribution in [3.63, 3.8) is 0 Å². The minimum atomic E-state index is -0.824. The van der Waals surface area contributed by atoms with Crippen LogP contribution in [0.3, 0.4) is 0 Å². The van der Waals surface area contributed by atoms with E-state index in [-0.39, 0.29) is 18.2 Å². The summed E-state index contributed by atoms with van der Waals surface area (Å²) < 4.78 is 0. The zero-order chi connectivity index (χ0) is 13.6. The molecule has 1 aliphatic carbocycles. The molecule has 0 radical (unpaired) electrons. The number of carboxylic acids is 1. The van der Waals surface area contributed by atoms with Crippen molar-refractivity contribution in [1.29, 1.82) is 0 Å². The Balaban J connectivity index is 2.66. The second kappa shape index (κ2) is 7.02. The molecule has 0 aromatic heterocycles. The van der Waals surface area contributed by atoms with E-state index >= 15 is 0 Å². The van der Waals surface area contributed by atoms with E-state index in [1.165, 1.54) is 0 Å². The minimum Gasteiger partial charge on any atom is -0.481 e. The van der Waals surface area contributed by atoms with Crippen molar-refractivity contribution in [2.24, 2.45) is 5.92 Å². The van der Waals surface area contributed by atoms with Crippen molar-refractivity contribution in [1.82, 2.24) is 5.32 Å².